The second kappa shape index (κ2) is 3.99. The number of rotatable bonds is 2. The van der Waals surface area contributed by atoms with E-state index in [1.807, 2.05) is 6.92 Å². The van der Waals surface area contributed by atoms with Crippen LogP contribution in [0.3, 0.4) is 0 Å². The lowest BCUT2D eigenvalue weighted by molar-refractivity contribution is 0.0604. The maximum atomic E-state index is 13.5. The van der Waals surface area contributed by atoms with E-state index in [0.717, 1.165) is 6.42 Å². The first-order chi connectivity index (χ1) is 7.15. The summed E-state index contributed by atoms with van der Waals surface area (Å²) in [5.41, 5.74) is 0.496. The predicted molar refractivity (Wildman–Crippen MR) is 55.7 cm³/mol. The van der Waals surface area contributed by atoms with E-state index in [2.05, 4.69) is 0 Å². The summed E-state index contributed by atoms with van der Waals surface area (Å²) in [5, 5.41) is 9.88. The predicted octanol–water partition coefficient (Wildman–Crippen LogP) is 3.07. The Morgan fingerprint density at radius 3 is 2.93 bits per heavy atom. The van der Waals surface area contributed by atoms with Crippen LogP contribution in [0.4, 0.5) is 4.39 Å². The van der Waals surface area contributed by atoms with Gasteiger partial charge in [-0.15, -0.1) is 0 Å². The number of hydrogen-bond acceptors (Lipinski definition) is 2. The Balaban J connectivity index is 2.36. The minimum absolute atomic E-state index is 0.0260. The molecule has 2 nitrogen and oxygen atoms in total. The van der Waals surface area contributed by atoms with Crippen molar-refractivity contribution in [2.24, 2.45) is 0 Å². The summed E-state index contributed by atoms with van der Waals surface area (Å²) in [7, 11) is 0. The average molecular weight is 231 g/mol. The van der Waals surface area contributed by atoms with Crippen LogP contribution in [-0.2, 0) is 0 Å². The van der Waals surface area contributed by atoms with Gasteiger partial charge in [-0.2, -0.15) is 0 Å². The van der Waals surface area contributed by atoms with Crippen LogP contribution in [0.25, 0.3) is 0 Å². The highest BCUT2D eigenvalue weighted by Crippen LogP contribution is 2.42. The van der Waals surface area contributed by atoms with Gasteiger partial charge in [0, 0.05) is 5.56 Å². The topological polar surface area (TPSA) is 29.5 Å². The van der Waals surface area contributed by atoms with E-state index in [1.165, 1.54) is 6.07 Å². The molecule has 0 aliphatic carbocycles. The molecule has 1 heterocycles. The number of benzene rings is 1. The number of ether oxygens (including phenoxy) is 1. The maximum absolute atomic E-state index is 13.5. The van der Waals surface area contributed by atoms with Crippen molar-refractivity contribution >= 4 is 11.6 Å². The van der Waals surface area contributed by atoms with Gasteiger partial charge in [0.15, 0.2) is 11.6 Å². The minimum atomic E-state index is -0.744. The zero-order valence-electron chi connectivity index (χ0n) is 8.34. The average Bonchev–Trinajstić information content (AvgIpc) is 2.52. The van der Waals surface area contributed by atoms with Gasteiger partial charge in [0.1, 0.15) is 12.2 Å². The van der Waals surface area contributed by atoms with Crippen molar-refractivity contribution in [2.75, 3.05) is 0 Å². The van der Waals surface area contributed by atoms with Gasteiger partial charge in [-0.25, -0.2) is 4.39 Å². The van der Waals surface area contributed by atoms with Gasteiger partial charge in [-0.1, -0.05) is 31.0 Å². The molecule has 1 aromatic rings. The summed E-state index contributed by atoms with van der Waals surface area (Å²) < 4.78 is 18.9. The summed E-state index contributed by atoms with van der Waals surface area (Å²) in [5.74, 6) is -0.472. The molecular weight excluding hydrogens is 219 g/mol. The molecule has 0 radical (unpaired) electrons. The van der Waals surface area contributed by atoms with Crippen molar-refractivity contribution in [2.45, 2.75) is 32.0 Å². The van der Waals surface area contributed by atoms with Crippen molar-refractivity contribution < 1.29 is 14.2 Å². The van der Waals surface area contributed by atoms with E-state index in [4.69, 9.17) is 16.3 Å². The van der Waals surface area contributed by atoms with Crippen LogP contribution in [0.1, 0.15) is 31.4 Å². The van der Waals surface area contributed by atoms with E-state index >= 15 is 0 Å². The summed E-state index contributed by atoms with van der Waals surface area (Å²) >= 11 is 5.63. The van der Waals surface area contributed by atoms with Crippen molar-refractivity contribution in [1.82, 2.24) is 0 Å². The molecule has 0 amide bonds. The van der Waals surface area contributed by atoms with Crippen molar-refractivity contribution in [3.05, 3.63) is 28.5 Å². The molecular formula is C11H12ClFO2. The van der Waals surface area contributed by atoms with Crippen LogP contribution in [0.2, 0.25) is 5.02 Å². The fourth-order valence-electron chi connectivity index (χ4n) is 1.82. The number of aliphatic hydroxyl groups excluding tert-OH is 1. The Kier molecular flexibility index (Phi) is 2.85. The number of fused-ring (bicyclic) bond motifs is 1. The molecule has 0 saturated heterocycles. The summed E-state index contributed by atoms with van der Waals surface area (Å²) in [6, 6.07) is 3.05. The molecule has 0 spiro atoms. The van der Waals surface area contributed by atoms with Crippen LogP contribution < -0.4 is 4.74 Å². The van der Waals surface area contributed by atoms with E-state index in [-0.39, 0.29) is 16.9 Å². The van der Waals surface area contributed by atoms with Gasteiger partial charge >= 0.3 is 0 Å². The summed E-state index contributed by atoms with van der Waals surface area (Å²) in [6.45, 7) is 1.99. The van der Waals surface area contributed by atoms with E-state index in [0.29, 0.717) is 12.0 Å². The van der Waals surface area contributed by atoms with Gasteiger partial charge in [0.2, 0.25) is 0 Å². The number of hydrogen-bond donors (Lipinski definition) is 1. The number of halogens is 2. The molecule has 2 unspecified atom stereocenters. The second-order valence-electron chi connectivity index (χ2n) is 3.67. The fraction of sp³-hybridized carbons (Fsp3) is 0.455. The third-order valence-electron chi connectivity index (χ3n) is 2.59. The molecule has 0 bridgehead atoms. The summed E-state index contributed by atoms with van der Waals surface area (Å²) in [6.07, 6.45) is 0.488. The minimum Gasteiger partial charge on any atom is -0.484 e. The molecule has 1 aromatic carbocycles. The lowest BCUT2D eigenvalue weighted by Crippen LogP contribution is -2.17. The first-order valence-electron chi connectivity index (χ1n) is 4.97. The van der Waals surface area contributed by atoms with Crippen LogP contribution >= 0.6 is 11.6 Å². The van der Waals surface area contributed by atoms with E-state index in [1.54, 1.807) is 6.07 Å². The fourth-order valence-corrected chi connectivity index (χ4v) is 1.97. The number of aliphatic hydroxyl groups is 1. The monoisotopic (exact) mass is 230 g/mol. The lowest BCUT2D eigenvalue weighted by atomic mass is 10.0. The zero-order chi connectivity index (χ0) is 11.0. The van der Waals surface area contributed by atoms with Gasteiger partial charge in [0.05, 0.1) is 5.02 Å². The molecule has 2 atom stereocenters. The largest absolute Gasteiger partial charge is 0.484 e. The first-order valence-corrected chi connectivity index (χ1v) is 5.35. The molecule has 1 N–H and O–H groups in total. The Morgan fingerprint density at radius 2 is 2.27 bits per heavy atom. The molecule has 82 valence electrons. The maximum Gasteiger partial charge on any atom is 0.184 e. The zero-order valence-corrected chi connectivity index (χ0v) is 9.09. The van der Waals surface area contributed by atoms with Crippen molar-refractivity contribution in [1.29, 1.82) is 0 Å². The molecule has 0 aromatic heterocycles. The van der Waals surface area contributed by atoms with Crippen LogP contribution in [-0.4, -0.2) is 11.2 Å². The van der Waals surface area contributed by atoms with Crippen molar-refractivity contribution in [3.8, 4) is 5.75 Å². The molecule has 1 aliphatic heterocycles. The molecule has 2 rings (SSSR count). The van der Waals surface area contributed by atoms with Crippen LogP contribution in [0, 0.1) is 5.82 Å². The third kappa shape index (κ3) is 1.70. The highest BCUT2D eigenvalue weighted by atomic mass is 35.5. The molecule has 4 heteroatoms. The Morgan fingerprint density at radius 1 is 1.53 bits per heavy atom. The van der Waals surface area contributed by atoms with Crippen LogP contribution in [0.5, 0.6) is 5.75 Å². The smallest absolute Gasteiger partial charge is 0.184 e. The Bertz CT molecular complexity index is 381. The van der Waals surface area contributed by atoms with Crippen LogP contribution in [0.15, 0.2) is 12.1 Å². The summed E-state index contributed by atoms with van der Waals surface area (Å²) in [4.78, 5) is 0. The standard InChI is InChI=1S/C11H12ClFO2/c1-2-3-8-10(14)6-4-5-7(12)9(13)11(6)15-8/h4-5,8,10,14H,2-3H2,1H3. The Labute approximate surface area is 92.6 Å². The molecule has 0 saturated carbocycles. The normalized spacial score (nSPS) is 23.7. The second-order valence-corrected chi connectivity index (χ2v) is 4.08. The van der Waals surface area contributed by atoms with Gasteiger partial charge < -0.3 is 9.84 Å². The first kappa shape index (κ1) is 10.7. The highest BCUT2D eigenvalue weighted by molar-refractivity contribution is 6.30. The van der Waals surface area contributed by atoms with Crippen molar-refractivity contribution in [3.63, 3.8) is 0 Å². The molecule has 1 aliphatic rings. The molecule has 15 heavy (non-hydrogen) atoms. The van der Waals surface area contributed by atoms with Gasteiger partial charge in [-0.3, -0.25) is 0 Å². The van der Waals surface area contributed by atoms with E-state index < -0.39 is 11.9 Å². The van der Waals surface area contributed by atoms with E-state index in [9.17, 15) is 9.50 Å². The highest BCUT2D eigenvalue weighted by Gasteiger charge is 2.34. The quantitative estimate of drug-likeness (QED) is 0.846. The van der Waals surface area contributed by atoms with Gasteiger partial charge in [0.25, 0.3) is 0 Å². The Hall–Kier alpha value is -0.800. The molecule has 0 fully saturated rings. The lowest BCUT2D eigenvalue weighted by Gasteiger charge is -2.12. The third-order valence-corrected chi connectivity index (χ3v) is 2.89. The SMILES string of the molecule is CCCC1Oc2c(ccc(Cl)c2F)C1O. The van der Waals surface area contributed by atoms with Gasteiger partial charge in [-0.05, 0) is 12.5 Å².